The Labute approximate surface area is 115 Å². The summed E-state index contributed by atoms with van der Waals surface area (Å²) in [4.78, 5) is 25.8. The molecule has 0 aromatic carbocycles. The topological polar surface area (TPSA) is 113 Å². The van der Waals surface area contributed by atoms with E-state index in [-0.39, 0.29) is 6.61 Å². The van der Waals surface area contributed by atoms with E-state index in [1.807, 2.05) is 0 Å². The van der Waals surface area contributed by atoms with Crippen LogP contribution in [-0.4, -0.2) is 21.3 Å². The van der Waals surface area contributed by atoms with Gasteiger partial charge >= 0.3 is 15.6 Å². The van der Waals surface area contributed by atoms with Gasteiger partial charge in [-0.05, 0) is 33.6 Å². The third-order valence-electron chi connectivity index (χ3n) is 1.88. The van der Waals surface area contributed by atoms with Gasteiger partial charge in [0.15, 0.2) is 0 Å². The van der Waals surface area contributed by atoms with Crippen molar-refractivity contribution in [1.82, 2.24) is 0 Å². The predicted octanol–water partition coefficient (Wildman–Crippen LogP) is 2.91. The first-order valence-corrected chi connectivity index (χ1v) is 8.36. The van der Waals surface area contributed by atoms with Crippen LogP contribution in [0.2, 0.25) is 0 Å². The van der Waals surface area contributed by atoms with Crippen molar-refractivity contribution in [3.05, 3.63) is 23.3 Å². The van der Waals surface area contributed by atoms with E-state index in [0.717, 1.165) is 5.57 Å². The van der Waals surface area contributed by atoms with E-state index < -0.39 is 22.5 Å². The Morgan fingerprint density at radius 1 is 1.37 bits per heavy atom. The van der Waals surface area contributed by atoms with E-state index in [2.05, 4.69) is 8.83 Å². The minimum atomic E-state index is -5.09. The average Bonchev–Trinajstić information content (AvgIpc) is 2.24. The predicted molar refractivity (Wildman–Crippen MR) is 71.3 cm³/mol. The molecule has 19 heavy (non-hydrogen) atoms. The first-order chi connectivity index (χ1) is 9.43. The van der Waals surface area contributed by atoms with Gasteiger partial charge in [0.25, 0.3) is 0 Å². The molecule has 7 nitrogen and oxygen atoms in total. The molecule has 0 aliphatic carbocycles. The maximum atomic E-state index is 11.1. The van der Waals surface area contributed by atoms with Gasteiger partial charge in [0.2, 0.25) is 0 Å². The lowest BCUT2D eigenvalue weighted by Gasteiger charge is -2.11. The average molecular weight is 317 g/mol. The van der Waals surface area contributed by atoms with Gasteiger partial charge in [-0.25, -0.2) is 9.13 Å². The van der Waals surface area contributed by atoms with E-state index in [0.29, 0.717) is 18.4 Å². The zero-order valence-corrected chi connectivity index (χ0v) is 12.5. The van der Waals surface area contributed by atoms with Gasteiger partial charge in [0, 0.05) is 2.74 Å². The molecule has 2 atom stereocenters. The van der Waals surface area contributed by atoms with Crippen LogP contribution in [0.3, 0.4) is 0 Å². The zero-order valence-electron chi connectivity index (χ0n) is 12.7. The monoisotopic (exact) mass is 317 g/mol. The highest BCUT2D eigenvalue weighted by Gasteiger charge is 2.31. The van der Waals surface area contributed by atoms with Gasteiger partial charge in [-0.2, -0.15) is 4.31 Å². The third-order valence-corrected chi connectivity index (χ3v) is 4.04. The first-order valence-electron chi connectivity index (χ1n) is 6.49. The van der Waals surface area contributed by atoms with Gasteiger partial charge in [0.05, 0.1) is 6.61 Å². The van der Waals surface area contributed by atoms with Crippen molar-refractivity contribution in [1.29, 1.82) is 0 Å². The number of hydrogen-bond acceptors (Lipinski definition) is 4. The van der Waals surface area contributed by atoms with Gasteiger partial charge in [-0.1, -0.05) is 23.3 Å². The minimum absolute atomic E-state index is 0.332. The van der Waals surface area contributed by atoms with E-state index in [1.165, 1.54) is 6.08 Å². The number of phosphoric acid groups is 2. The summed E-state index contributed by atoms with van der Waals surface area (Å²) in [6.07, 6.45) is 4.45. The van der Waals surface area contributed by atoms with Crippen molar-refractivity contribution in [2.24, 2.45) is 0 Å². The molecule has 0 aromatic heterocycles. The molecule has 0 radical (unpaired) electrons. The molecule has 0 saturated carbocycles. The van der Waals surface area contributed by atoms with Crippen LogP contribution in [0.25, 0.3) is 0 Å². The molecule has 0 aromatic rings. The maximum absolute atomic E-state index is 11.1. The van der Waals surface area contributed by atoms with Crippen molar-refractivity contribution in [2.45, 2.75) is 33.6 Å². The second-order valence-corrected chi connectivity index (χ2v) is 6.70. The van der Waals surface area contributed by atoms with Gasteiger partial charge in [-0.15, -0.1) is 0 Å². The largest absolute Gasteiger partial charge is 0.481 e. The Kier molecular flexibility index (Phi) is 6.47. The molecule has 0 heterocycles. The fraction of sp³-hybridized carbons (Fsp3) is 0.600. The highest BCUT2D eigenvalue weighted by molar-refractivity contribution is 7.60. The molecular formula is C10H20O7P2. The summed E-state index contributed by atoms with van der Waals surface area (Å²) in [6, 6.07) is 0. The molecule has 0 bridgehead atoms. The van der Waals surface area contributed by atoms with Crippen LogP contribution in [0.4, 0.5) is 0 Å². The number of allylic oxidation sites excluding steroid dienone is 3. The van der Waals surface area contributed by atoms with Crippen LogP contribution in [0.1, 0.15) is 36.3 Å². The summed E-state index contributed by atoms with van der Waals surface area (Å²) in [5, 5.41) is 0. The van der Waals surface area contributed by atoms with Crippen molar-refractivity contribution in [3.63, 3.8) is 0 Å². The fourth-order valence-corrected chi connectivity index (χ4v) is 2.59. The summed E-state index contributed by atoms with van der Waals surface area (Å²) < 4.78 is 43.8. The van der Waals surface area contributed by atoms with Crippen molar-refractivity contribution in [3.8, 4) is 0 Å². The second kappa shape index (κ2) is 8.12. The highest BCUT2D eigenvalue weighted by atomic mass is 31.3. The van der Waals surface area contributed by atoms with Crippen LogP contribution in [-0.2, 0) is 18.0 Å². The molecule has 0 amide bonds. The molecule has 0 spiro atoms. The molecule has 3 N–H and O–H groups in total. The Balaban J connectivity index is 4.22. The zero-order chi connectivity index (χ0) is 16.7. The van der Waals surface area contributed by atoms with Crippen molar-refractivity contribution < 1.29 is 35.4 Å². The summed E-state index contributed by atoms with van der Waals surface area (Å²) in [5.74, 6) is 0. The van der Waals surface area contributed by atoms with E-state index in [1.54, 1.807) is 19.9 Å². The van der Waals surface area contributed by atoms with E-state index >= 15 is 0 Å². The molecule has 9 heteroatoms. The lowest BCUT2D eigenvalue weighted by Crippen LogP contribution is -1.94. The standard InChI is InChI=1S/C10H20O7P2/c1-9(2)5-4-6-10(3)7-8-16-19(14,15)17-18(11,12)13/h5,7H,4,6,8H2,1-3H3,(H,14,15)(H2,11,12,13)/b10-7+/i1TD/b9-5+,10-7+/t1-/m1/s1. The lowest BCUT2D eigenvalue weighted by atomic mass is 10.1. The molecular weight excluding hydrogens is 294 g/mol. The van der Waals surface area contributed by atoms with Gasteiger partial charge in [0.1, 0.15) is 0 Å². The van der Waals surface area contributed by atoms with Crippen LogP contribution < -0.4 is 0 Å². The number of phosphoric ester groups is 1. The fourth-order valence-electron chi connectivity index (χ4n) is 1.06. The maximum Gasteiger partial charge on any atom is 0.481 e. The number of rotatable bonds is 8. The molecule has 0 aliphatic rings. The molecule has 0 rings (SSSR count). The first kappa shape index (κ1) is 15.1. The SMILES string of the molecule is [2H][C@H]([3H])/C(C)=C\CC/C(C)=C/COP(=O)(O)OP(=O)(O)O. The normalized spacial score (nSPS) is 20.5. The Hall–Kier alpha value is -0.260. The number of hydrogen-bond donors (Lipinski definition) is 3. The minimum Gasteiger partial charge on any atom is -0.302 e. The quantitative estimate of drug-likeness (QED) is 0.466. The molecule has 0 aliphatic heterocycles. The van der Waals surface area contributed by atoms with Crippen LogP contribution in [0.15, 0.2) is 23.3 Å². The van der Waals surface area contributed by atoms with Crippen LogP contribution >= 0.6 is 15.6 Å². The Morgan fingerprint density at radius 2 is 2.00 bits per heavy atom. The second-order valence-electron chi connectivity index (χ2n) is 3.87. The van der Waals surface area contributed by atoms with Gasteiger partial charge in [-0.3, -0.25) is 4.52 Å². The summed E-state index contributed by atoms with van der Waals surface area (Å²) in [6.45, 7) is 2.11. The summed E-state index contributed by atoms with van der Waals surface area (Å²) >= 11 is 0. The van der Waals surface area contributed by atoms with Gasteiger partial charge < -0.3 is 14.7 Å². The Bertz CT molecular complexity index is 484. The smallest absolute Gasteiger partial charge is 0.302 e. The molecule has 0 saturated heterocycles. The van der Waals surface area contributed by atoms with Crippen molar-refractivity contribution >= 4 is 15.6 Å². The summed E-state index contributed by atoms with van der Waals surface area (Å²) in [7, 11) is -9.89. The van der Waals surface area contributed by atoms with Crippen molar-refractivity contribution in [2.75, 3.05) is 6.61 Å². The third kappa shape index (κ3) is 12.5. The Morgan fingerprint density at radius 3 is 2.53 bits per heavy atom. The van der Waals surface area contributed by atoms with E-state index in [4.69, 9.17) is 17.4 Å². The molecule has 0 fully saturated rings. The van der Waals surface area contributed by atoms with Crippen LogP contribution in [0, 0.1) is 0 Å². The lowest BCUT2D eigenvalue weighted by molar-refractivity contribution is 0.191. The molecule has 1 unspecified atom stereocenters. The highest BCUT2D eigenvalue weighted by Crippen LogP contribution is 2.57. The summed E-state index contributed by atoms with van der Waals surface area (Å²) in [5.41, 5.74) is 1.45. The van der Waals surface area contributed by atoms with Crippen LogP contribution in [0.5, 0.6) is 0 Å². The van der Waals surface area contributed by atoms with E-state index in [9.17, 15) is 9.13 Å². The molecule has 112 valence electrons.